The summed E-state index contributed by atoms with van der Waals surface area (Å²) in [6.07, 6.45) is 1.70. The summed E-state index contributed by atoms with van der Waals surface area (Å²) in [5.74, 6) is 0.0411. The molecule has 0 saturated carbocycles. The van der Waals surface area contributed by atoms with E-state index >= 15 is 0 Å². The molecule has 0 bridgehead atoms. The molecule has 1 aliphatic rings. The van der Waals surface area contributed by atoms with Crippen LogP contribution in [0.25, 0.3) is 11.3 Å². The van der Waals surface area contributed by atoms with Crippen molar-refractivity contribution in [1.82, 2.24) is 15.0 Å². The topological polar surface area (TPSA) is 77.1 Å². The maximum absolute atomic E-state index is 13.2. The quantitative estimate of drug-likeness (QED) is 0.660. The third-order valence-corrected chi connectivity index (χ3v) is 5.07. The molecule has 0 atom stereocenters. The summed E-state index contributed by atoms with van der Waals surface area (Å²) in [5.41, 5.74) is 2.04. The molecule has 0 spiro atoms. The van der Waals surface area contributed by atoms with Crippen molar-refractivity contribution in [2.24, 2.45) is 0 Å². The molecule has 26 heavy (non-hydrogen) atoms. The van der Waals surface area contributed by atoms with Gasteiger partial charge >= 0.3 is 0 Å². The number of carbonyl (C=O) groups is 2. The van der Waals surface area contributed by atoms with Crippen molar-refractivity contribution in [3.63, 3.8) is 0 Å². The maximum atomic E-state index is 13.2. The van der Waals surface area contributed by atoms with E-state index in [0.717, 1.165) is 10.0 Å². The first-order valence-corrected chi connectivity index (χ1v) is 8.89. The standard InChI is InChI=1S/C19H16BrN3O3/c1-10-15(16(22-26-10)11-4-6-13(20)7-5-11)17(24)12-8-14-18(25)21-19(2,3)23(14)9-12/h4-9H,1-3H3,(H,21,25). The molecule has 6 nitrogen and oxygen atoms in total. The van der Waals surface area contributed by atoms with Crippen LogP contribution in [-0.2, 0) is 5.66 Å². The lowest BCUT2D eigenvalue weighted by molar-refractivity contribution is 0.0934. The minimum atomic E-state index is -0.566. The molecule has 3 aromatic rings. The van der Waals surface area contributed by atoms with Gasteiger partial charge in [0.25, 0.3) is 5.91 Å². The van der Waals surface area contributed by atoms with Gasteiger partial charge in [0, 0.05) is 21.8 Å². The highest BCUT2D eigenvalue weighted by atomic mass is 79.9. The summed E-state index contributed by atoms with van der Waals surface area (Å²) < 4.78 is 8.01. The van der Waals surface area contributed by atoms with E-state index in [4.69, 9.17) is 4.52 Å². The number of aryl methyl sites for hydroxylation is 1. The van der Waals surface area contributed by atoms with Crippen molar-refractivity contribution < 1.29 is 14.1 Å². The van der Waals surface area contributed by atoms with Crippen LogP contribution in [0.15, 0.2) is 45.5 Å². The van der Waals surface area contributed by atoms with Crippen LogP contribution >= 0.6 is 15.9 Å². The lowest BCUT2D eigenvalue weighted by atomic mass is 9.99. The molecule has 7 heteroatoms. The van der Waals surface area contributed by atoms with Gasteiger partial charge in [-0.15, -0.1) is 0 Å². The van der Waals surface area contributed by atoms with Crippen LogP contribution in [0.1, 0.15) is 46.0 Å². The van der Waals surface area contributed by atoms with Crippen molar-refractivity contribution in [1.29, 1.82) is 0 Å². The SMILES string of the molecule is Cc1onc(-c2ccc(Br)cc2)c1C(=O)c1cc2n(c1)C(C)(C)NC2=O. The van der Waals surface area contributed by atoms with Gasteiger partial charge in [-0.3, -0.25) is 9.59 Å². The molecule has 4 rings (SSSR count). The predicted octanol–water partition coefficient (Wildman–Crippen LogP) is 3.88. The Morgan fingerprint density at radius 3 is 2.62 bits per heavy atom. The van der Waals surface area contributed by atoms with Crippen molar-refractivity contribution in [2.45, 2.75) is 26.4 Å². The molecule has 0 unspecified atom stereocenters. The Balaban J connectivity index is 1.79. The van der Waals surface area contributed by atoms with Gasteiger partial charge in [0.2, 0.25) is 0 Å². The number of hydrogen-bond acceptors (Lipinski definition) is 4. The average Bonchev–Trinajstić information content (AvgIpc) is 3.24. The van der Waals surface area contributed by atoms with Crippen LogP contribution in [0.5, 0.6) is 0 Å². The number of hydrogen-bond donors (Lipinski definition) is 1. The summed E-state index contributed by atoms with van der Waals surface area (Å²) in [4.78, 5) is 25.3. The molecule has 3 heterocycles. The van der Waals surface area contributed by atoms with E-state index in [1.165, 1.54) is 0 Å². The van der Waals surface area contributed by atoms with E-state index in [0.29, 0.717) is 28.3 Å². The van der Waals surface area contributed by atoms with Crippen LogP contribution in [0.3, 0.4) is 0 Å². The van der Waals surface area contributed by atoms with Gasteiger partial charge in [-0.1, -0.05) is 33.2 Å². The number of nitrogens with one attached hydrogen (secondary N) is 1. The molecule has 1 aromatic carbocycles. The van der Waals surface area contributed by atoms with Crippen LogP contribution < -0.4 is 5.32 Å². The van der Waals surface area contributed by atoms with Crippen molar-refractivity contribution in [3.8, 4) is 11.3 Å². The molecule has 1 N–H and O–H groups in total. The Labute approximate surface area is 158 Å². The van der Waals surface area contributed by atoms with Crippen molar-refractivity contribution in [2.75, 3.05) is 0 Å². The minimum Gasteiger partial charge on any atom is -0.360 e. The van der Waals surface area contributed by atoms with Crippen molar-refractivity contribution in [3.05, 3.63) is 63.6 Å². The van der Waals surface area contributed by atoms with Crippen LogP contribution in [0.2, 0.25) is 0 Å². The summed E-state index contributed by atoms with van der Waals surface area (Å²) in [5, 5.41) is 6.94. The second-order valence-electron chi connectivity index (χ2n) is 6.80. The summed E-state index contributed by atoms with van der Waals surface area (Å²) in [6, 6.07) is 9.12. The van der Waals surface area contributed by atoms with E-state index < -0.39 is 5.66 Å². The highest BCUT2D eigenvalue weighted by molar-refractivity contribution is 9.10. The molecule has 0 aliphatic carbocycles. The Morgan fingerprint density at radius 1 is 1.27 bits per heavy atom. The van der Waals surface area contributed by atoms with Gasteiger partial charge in [0.05, 0.1) is 5.56 Å². The molecule has 1 amide bonds. The van der Waals surface area contributed by atoms with Gasteiger partial charge in [-0.2, -0.15) is 0 Å². The van der Waals surface area contributed by atoms with E-state index in [1.54, 1.807) is 23.8 Å². The van der Waals surface area contributed by atoms with E-state index in [1.807, 2.05) is 38.1 Å². The number of rotatable bonds is 3. The van der Waals surface area contributed by atoms with Gasteiger partial charge < -0.3 is 14.4 Å². The zero-order valence-corrected chi connectivity index (χ0v) is 16.0. The maximum Gasteiger partial charge on any atom is 0.269 e. The van der Waals surface area contributed by atoms with E-state index in [-0.39, 0.29) is 11.7 Å². The zero-order chi connectivity index (χ0) is 18.6. The fraction of sp³-hybridized carbons (Fsp3) is 0.211. The molecule has 132 valence electrons. The van der Waals surface area contributed by atoms with Crippen molar-refractivity contribution >= 4 is 27.6 Å². The number of nitrogens with zero attached hydrogens (tertiary/aromatic N) is 2. The molecule has 0 fully saturated rings. The normalized spacial score (nSPS) is 15.0. The second kappa shape index (κ2) is 5.67. The number of amides is 1. The number of ketones is 1. The smallest absolute Gasteiger partial charge is 0.269 e. The number of aromatic nitrogens is 2. The monoisotopic (exact) mass is 413 g/mol. The fourth-order valence-corrected chi connectivity index (χ4v) is 3.48. The largest absolute Gasteiger partial charge is 0.360 e. The number of halogens is 1. The summed E-state index contributed by atoms with van der Waals surface area (Å²) in [7, 11) is 0. The Bertz CT molecular complexity index is 1040. The molecule has 0 saturated heterocycles. The fourth-order valence-electron chi connectivity index (χ4n) is 3.22. The minimum absolute atomic E-state index is 0.191. The molecule has 0 radical (unpaired) electrons. The first-order valence-electron chi connectivity index (χ1n) is 8.10. The lowest BCUT2D eigenvalue weighted by Gasteiger charge is -2.20. The Hall–Kier alpha value is -2.67. The number of carbonyl (C=O) groups excluding carboxylic acids is 2. The average molecular weight is 414 g/mol. The highest BCUT2D eigenvalue weighted by Gasteiger charge is 2.36. The highest BCUT2D eigenvalue weighted by Crippen LogP contribution is 2.31. The third-order valence-electron chi connectivity index (χ3n) is 4.54. The Morgan fingerprint density at radius 2 is 1.96 bits per heavy atom. The summed E-state index contributed by atoms with van der Waals surface area (Å²) in [6.45, 7) is 5.48. The number of benzene rings is 1. The van der Waals surface area contributed by atoms with E-state index in [2.05, 4.69) is 26.4 Å². The first-order chi connectivity index (χ1) is 12.3. The third kappa shape index (κ3) is 2.50. The molecular weight excluding hydrogens is 398 g/mol. The van der Waals surface area contributed by atoms with Gasteiger partial charge in [-0.05, 0) is 39.0 Å². The van der Waals surface area contributed by atoms with Crippen LogP contribution in [-0.4, -0.2) is 21.4 Å². The Kier molecular flexibility index (Phi) is 3.66. The molecule has 2 aromatic heterocycles. The second-order valence-corrected chi connectivity index (χ2v) is 7.71. The first kappa shape index (κ1) is 16.8. The van der Waals surface area contributed by atoms with Crippen LogP contribution in [0, 0.1) is 6.92 Å². The lowest BCUT2D eigenvalue weighted by Crippen LogP contribution is -2.36. The van der Waals surface area contributed by atoms with Gasteiger partial charge in [0.15, 0.2) is 5.78 Å². The van der Waals surface area contributed by atoms with Crippen LogP contribution in [0.4, 0.5) is 0 Å². The van der Waals surface area contributed by atoms with Gasteiger partial charge in [-0.25, -0.2) is 0 Å². The summed E-state index contributed by atoms with van der Waals surface area (Å²) >= 11 is 3.40. The predicted molar refractivity (Wildman–Crippen MR) is 99.0 cm³/mol. The zero-order valence-electron chi connectivity index (χ0n) is 14.5. The van der Waals surface area contributed by atoms with Gasteiger partial charge in [0.1, 0.15) is 22.8 Å². The molecule has 1 aliphatic heterocycles. The molecular formula is C19H16BrN3O3. The van der Waals surface area contributed by atoms with E-state index in [9.17, 15) is 9.59 Å². The number of fused-ring (bicyclic) bond motifs is 1.